The molecule has 1 aromatic rings. The molecule has 0 aliphatic carbocycles. The Kier molecular flexibility index (Phi) is 2.59. The fourth-order valence-electron chi connectivity index (χ4n) is 0.670. The molecule has 2 nitrogen and oxygen atoms in total. The van der Waals surface area contributed by atoms with Gasteiger partial charge in [0, 0.05) is 0 Å². The molecule has 11 heavy (non-hydrogen) atoms. The summed E-state index contributed by atoms with van der Waals surface area (Å²) in [5, 5.41) is 0. The number of anilines is 1. The number of benzene rings is 1. The van der Waals surface area contributed by atoms with Crippen molar-refractivity contribution in [3.05, 3.63) is 30.1 Å². The fraction of sp³-hybridized carbons (Fsp3) is 0. The Morgan fingerprint density at radius 2 is 2.27 bits per heavy atom. The summed E-state index contributed by atoms with van der Waals surface area (Å²) in [7, 11) is 0. The third kappa shape index (κ3) is 2.01. The molecule has 0 unspecified atom stereocenters. The Morgan fingerprint density at radius 1 is 1.55 bits per heavy atom. The van der Waals surface area contributed by atoms with Gasteiger partial charge in [0.25, 0.3) is 0 Å². The van der Waals surface area contributed by atoms with Crippen molar-refractivity contribution in [3.8, 4) is 0 Å². The van der Waals surface area contributed by atoms with Crippen molar-refractivity contribution >= 4 is 28.2 Å². The highest BCUT2D eigenvalue weighted by molar-refractivity contribution is 9.10. The van der Waals surface area contributed by atoms with E-state index in [9.17, 15) is 9.18 Å². The number of rotatable bonds is 2. The third-order valence-corrected chi connectivity index (χ3v) is 1.72. The predicted octanol–water partition coefficient (Wildman–Crippen LogP) is 2.10. The Morgan fingerprint density at radius 3 is 2.82 bits per heavy atom. The Bertz CT molecular complexity index is 266. The van der Waals surface area contributed by atoms with Crippen LogP contribution in [0.2, 0.25) is 0 Å². The van der Waals surface area contributed by atoms with Crippen molar-refractivity contribution in [3.63, 3.8) is 0 Å². The Hall–Kier alpha value is -0.900. The van der Waals surface area contributed by atoms with E-state index in [2.05, 4.69) is 16.1 Å². The topological polar surface area (TPSA) is 20.3 Å². The number of nitrogens with zero attached hydrogens (tertiary/aromatic N) is 1. The molecule has 0 aliphatic heterocycles. The van der Waals surface area contributed by atoms with Crippen LogP contribution in [0.4, 0.5) is 10.1 Å². The average Bonchev–Trinajstić information content (AvgIpc) is 2.03. The van der Waals surface area contributed by atoms with Crippen molar-refractivity contribution in [1.29, 1.82) is 0 Å². The van der Waals surface area contributed by atoms with Gasteiger partial charge in [0.05, 0.1) is 21.8 Å². The second-order valence-corrected chi connectivity index (χ2v) is 2.66. The maximum atomic E-state index is 12.5. The van der Waals surface area contributed by atoms with Gasteiger partial charge in [-0.3, -0.25) is 4.79 Å². The van der Waals surface area contributed by atoms with Gasteiger partial charge in [0.2, 0.25) is 6.41 Å². The van der Waals surface area contributed by atoms with Crippen LogP contribution in [-0.4, -0.2) is 6.41 Å². The van der Waals surface area contributed by atoms with Gasteiger partial charge in [-0.25, -0.2) is 8.32 Å². The Labute approximate surface area is 72.0 Å². The maximum Gasteiger partial charge on any atom is 0.224 e. The van der Waals surface area contributed by atoms with Crippen LogP contribution in [0.25, 0.3) is 0 Å². The maximum absolute atomic E-state index is 12.5. The van der Waals surface area contributed by atoms with E-state index in [0.29, 0.717) is 12.1 Å². The highest BCUT2D eigenvalue weighted by Crippen LogP contribution is 2.16. The van der Waals surface area contributed by atoms with E-state index in [1.165, 1.54) is 18.2 Å². The number of carbonyl (C=O) groups is 1. The van der Waals surface area contributed by atoms with Gasteiger partial charge in [0.15, 0.2) is 0 Å². The molecule has 0 saturated heterocycles. The number of halogens is 2. The van der Waals surface area contributed by atoms with E-state index < -0.39 is 0 Å². The number of amides is 1. The van der Waals surface area contributed by atoms with Crippen molar-refractivity contribution in [2.75, 3.05) is 3.93 Å². The van der Waals surface area contributed by atoms with Gasteiger partial charge < -0.3 is 0 Å². The van der Waals surface area contributed by atoms with E-state index in [1.54, 1.807) is 6.07 Å². The molecule has 1 amide bonds. The molecule has 1 rings (SSSR count). The summed E-state index contributed by atoms with van der Waals surface area (Å²) in [4.78, 5) is 10.2. The zero-order valence-electron chi connectivity index (χ0n) is 5.50. The van der Waals surface area contributed by atoms with Gasteiger partial charge in [-0.05, 0) is 18.2 Å². The van der Waals surface area contributed by atoms with Crippen LogP contribution in [0.3, 0.4) is 0 Å². The predicted molar refractivity (Wildman–Crippen MR) is 43.9 cm³/mol. The lowest BCUT2D eigenvalue weighted by atomic mass is 10.3. The quantitative estimate of drug-likeness (QED) is 0.549. The summed E-state index contributed by atoms with van der Waals surface area (Å²) in [5.74, 6) is -0.367. The molecule has 0 N–H and O–H groups in total. The number of hydrogen-bond acceptors (Lipinski definition) is 1. The standard InChI is InChI=1S/C7H5BrFNO/c8-10(5-11)7-3-1-2-6(9)4-7/h1-5H. The lowest BCUT2D eigenvalue weighted by Gasteiger charge is -2.06. The minimum absolute atomic E-state index is 0.367. The molecule has 0 aromatic heterocycles. The summed E-state index contributed by atoms with van der Waals surface area (Å²) >= 11 is 2.92. The molecule has 0 radical (unpaired) electrons. The van der Waals surface area contributed by atoms with E-state index >= 15 is 0 Å². The molecule has 0 bridgehead atoms. The zero-order chi connectivity index (χ0) is 8.27. The van der Waals surface area contributed by atoms with Crippen LogP contribution < -0.4 is 3.93 Å². The lowest BCUT2D eigenvalue weighted by molar-refractivity contribution is -0.106. The summed E-state index contributed by atoms with van der Waals surface area (Å²) in [6.45, 7) is 0. The molecular formula is C7H5BrFNO. The minimum Gasteiger partial charge on any atom is -0.277 e. The first-order valence-electron chi connectivity index (χ1n) is 2.90. The molecule has 0 heterocycles. The van der Waals surface area contributed by atoms with Crippen molar-refractivity contribution < 1.29 is 9.18 Å². The van der Waals surface area contributed by atoms with Crippen molar-refractivity contribution in [2.45, 2.75) is 0 Å². The fourth-order valence-corrected chi connectivity index (χ4v) is 0.890. The van der Waals surface area contributed by atoms with Gasteiger partial charge in [0.1, 0.15) is 5.82 Å². The van der Waals surface area contributed by atoms with Gasteiger partial charge in [-0.15, -0.1) is 0 Å². The van der Waals surface area contributed by atoms with Crippen LogP contribution in [0.5, 0.6) is 0 Å². The Balaban J connectivity index is 2.95. The highest BCUT2D eigenvalue weighted by Gasteiger charge is 2.00. The van der Waals surface area contributed by atoms with Crippen LogP contribution >= 0.6 is 16.1 Å². The van der Waals surface area contributed by atoms with E-state index in [4.69, 9.17) is 0 Å². The van der Waals surface area contributed by atoms with Crippen LogP contribution in [0.1, 0.15) is 0 Å². The first-order chi connectivity index (χ1) is 5.24. The van der Waals surface area contributed by atoms with E-state index in [1.807, 2.05) is 0 Å². The second-order valence-electron chi connectivity index (χ2n) is 1.90. The van der Waals surface area contributed by atoms with Gasteiger partial charge in [-0.1, -0.05) is 6.07 Å². The summed E-state index contributed by atoms with van der Waals surface area (Å²) in [5.41, 5.74) is 0.472. The van der Waals surface area contributed by atoms with Crippen LogP contribution in [-0.2, 0) is 4.79 Å². The molecule has 1 aromatic carbocycles. The monoisotopic (exact) mass is 217 g/mol. The first kappa shape index (κ1) is 8.20. The lowest BCUT2D eigenvalue weighted by Crippen LogP contribution is -2.04. The highest BCUT2D eigenvalue weighted by atomic mass is 79.9. The largest absolute Gasteiger partial charge is 0.277 e. The third-order valence-electron chi connectivity index (χ3n) is 1.15. The smallest absolute Gasteiger partial charge is 0.224 e. The number of hydrogen-bond donors (Lipinski definition) is 0. The first-order valence-corrected chi connectivity index (χ1v) is 3.61. The second kappa shape index (κ2) is 3.48. The van der Waals surface area contributed by atoms with Crippen LogP contribution in [0, 0.1) is 5.82 Å². The van der Waals surface area contributed by atoms with Crippen LogP contribution in [0.15, 0.2) is 24.3 Å². The SMILES string of the molecule is O=CN(Br)c1cccc(F)c1. The minimum atomic E-state index is -0.367. The summed E-state index contributed by atoms with van der Waals surface area (Å²) in [6, 6.07) is 5.72. The van der Waals surface area contributed by atoms with Gasteiger partial charge >= 0.3 is 0 Å². The van der Waals surface area contributed by atoms with Crippen molar-refractivity contribution in [1.82, 2.24) is 0 Å². The van der Waals surface area contributed by atoms with Gasteiger partial charge in [-0.2, -0.15) is 0 Å². The molecule has 58 valence electrons. The molecule has 4 heteroatoms. The van der Waals surface area contributed by atoms with E-state index in [-0.39, 0.29) is 5.82 Å². The molecule has 0 aliphatic rings. The van der Waals surface area contributed by atoms with E-state index in [0.717, 1.165) is 3.93 Å². The molecule has 0 spiro atoms. The molecule has 0 fully saturated rings. The number of carbonyl (C=O) groups excluding carboxylic acids is 1. The average molecular weight is 218 g/mol. The summed E-state index contributed by atoms with van der Waals surface area (Å²) < 4.78 is 13.6. The normalized spacial score (nSPS) is 9.27. The summed E-state index contributed by atoms with van der Waals surface area (Å²) in [6.07, 6.45) is 0.550. The molecule has 0 atom stereocenters. The van der Waals surface area contributed by atoms with Crippen molar-refractivity contribution in [2.24, 2.45) is 0 Å². The zero-order valence-corrected chi connectivity index (χ0v) is 7.08. The molecule has 0 saturated carbocycles. The molecular weight excluding hydrogens is 213 g/mol.